The molecule has 0 saturated carbocycles. The van der Waals surface area contributed by atoms with E-state index < -0.39 is 17.3 Å². The van der Waals surface area contributed by atoms with Gasteiger partial charge in [-0.2, -0.15) is 4.98 Å². The number of nitrogens with zero attached hydrogens (tertiary/aromatic N) is 2. The molecule has 104 valence electrons. The lowest BCUT2D eigenvalue weighted by Crippen LogP contribution is -2.03. The second-order valence-electron chi connectivity index (χ2n) is 4.00. The number of halogens is 1. The van der Waals surface area contributed by atoms with Crippen molar-refractivity contribution in [3.8, 4) is 5.88 Å². The third-order valence-electron chi connectivity index (χ3n) is 2.50. The van der Waals surface area contributed by atoms with Crippen LogP contribution in [0.1, 0.15) is 16.1 Å². The van der Waals surface area contributed by atoms with Gasteiger partial charge in [0.25, 0.3) is 0 Å². The van der Waals surface area contributed by atoms with Gasteiger partial charge in [0, 0.05) is 17.4 Å². The van der Waals surface area contributed by atoms with Gasteiger partial charge in [-0.15, -0.1) is 0 Å². The Labute approximate surface area is 114 Å². The highest BCUT2D eigenvalue weighted by atomic mass is 19.1. The largest absolute Gasteiger partial charge is 0.481 e. The number of benzene rings is 1. The molecule has 7 heteroatoms. The molecule has 6 nitrogen and oxygen atoms in total. The second kappa shape index (κ2) is 5.52. The van der Waals surface area contributed by atoms with E-state index in [1.54, 1.807) is 13.0 Å². The molecule has 1 heterocycles. The van der Waals surface area contributed by atoms with E-state index in [-0.39, 0.29) is 5.95 Å². The van der Waals surface area contributed by atoms with Gasteiger partial charge in [0.1, 0.15) is 5.82 Å². The van der Waals surface area contributed by atoms with Gasteiger partial charge in [0.15, 0.2) is 0 Å². The maximum Gasteiger partial charge on any atom is 0.338 e. The Bertz CT molecular complexity index is 661. The first kappa shape index (κ1) is 13.7. The number of anilines is 2. The average molecular weight is 277 g/mol. The number of aromatic carboxylic acids is 1. The lowest BCUT2D eigenvalue weighted by Gasteiger charge is -2.08. The van der Waals surface area contributed by atoms with E-state index >= 15 is 0 Å². The summed E-state index contributed by atoms with van der Waals surface area (Å²) in [6.45, 7) is 1.77. The number of nitrogens with one attached hydrogen (secondary N) is 1. The molecular weight excluding hydrogens is 265 g/mol. The molecular formula is C13H12FN3O3. The number of rotatable bonds is 4. The lowest BCUT2D eigenvalue weighted by molar-refractivity contribution is 0.0692. The predicted molar refractivity (Wildman–Crippen MR) is 70.0 cm³/mol. The molecule has 20 heavy (non-hydrogen) atoms. The fourth-order valence-corrected chi connectivity index (χ4v) is 1.60. The standard InChI is InChI=1S/C13H12FN3O3/c1-7-5-11(20-2)17-13(15-7)16-8-3-4-9(12(18)19)10(14)6-8/h3-6H,1-2H3,(H,18,19)(H,15,16,17). The Morgan fingerprint density at radius 2 is 2.10 bits per heavy atom. The molecule has 0 amide bonds. The Kier molecular flexibility index (Phi) is 3.79. The summed E-state index contributed by atoms with van der Waals surface area (Å²) in [6, 6.07) is 5.33. The van der Waals surface area contributed by atoms with Crippen molar-refractivity contribution in [2.75, 3.05) is 12.4 Å². The summed E-state index contributed by atoms with van der Waals surface area (Å²) in [6.07, 6.45) is 0. The van der Waals surface area contributed by atoms with Crippen molar-refractivity contribution < 1.29 is 19.0 Å². The molecule has 0 aliphatic rings. The Morgan fingerprint density at radius 1 is 1.35 bits per heavy atom. The zero-order valence-electron chi connectivity index (χ0n) is 10.8. The molecule has 2 rings (SSSR count). The van der Waals surface area contributed by atoms with Crippen molar-refractivity contribution >= 4 is 17.6 Å². The van der Waals surface area contributed by atoms with Crippen molar-refractivity contribution in [3.05, 3.63) is 41.3 Å². The van der Waals surface area contributed by atoms with E-state index in [2.05, 4.69) is 15.3 Å². The predicted octanol–water partition coefficient (Wildman–Crippen LogP) is 2.37. The highest BCUT2D eigenvalue weighted by molar-refractivity contribution is 5.88. The van der Waals surface area contributed by atoms with Crippen molar-refractivity contribution in [2.24, 2.45) is 0 Å². The van der Waals surface area contributed by atoms with E-state index in [0.717, 1.165) is 6.07 Å². The second-order valence-corrected chi connectivity index (χ2v) is 4.00. The number of carboxylic acids is 1. The van der Waals surface area contributed by atoms with Gasteiger partial charge in [-0.25, -0.2) is 14.2 Å². The van der Waals surface area contributed by atoms with Crippen LogP contribution < -0.4 is 10.1 Å². The van der Waals surface area contributed by atoms with E-state index in [1.807, 2.05) is 0 Å². The van der Waals surface area contributed by atoms with Crippen LogP contribution in [0.25, 0.3) is 0 Å². The van der Waals surface area contributed by atoms with Crippen molar-refractivity contribution in [2.45, 2.75) is 6.92 Å². The van der Waals surface area contributed by atoms with Gasteiger partial charge < -0.3 is 15.2 Å². The Morgan fingerprint density at radius 3 is 2.70 bits per heavy atom. The Hall–Kier alpha value is -2.70. The smallest absolute Gasteiger partial charge is 0.338 e. The van der Waals surface area contributed by atoms with Crippen molar-refractivity contribution in [1.82, 2.24) is 9.97 Å². The zero-order chi connectivity index (χ0) is 14.7. The van der Waals surface area contributed by atoms with Crippen LogP contribution in [-0.2, 0) is 0 Å². The summed E-state index contributed by atoms with van der Waals surface area (Å²) in [5.41, 5.74) is 0.639. The molecule has 1 aromatic heterocycles. The topological polar surface area (TPSA) is 84.3 Å². The van der Waals surface area contributed by atoms with Crippen molar-refractivity contribution in [3.63, 3.8) is 0 Å². The quantitative estimate of drug-likeness (QED) is 0.892. The number of methoxy groups -OCH3 is 1. The van der Waals surface area contributed by atoms with Crippen LogP contribution in [0.5, 0.6) is 5.88 Å². The summed E-state index contributed by atoms with van der Waals surface area (Å²) >= 11 is 0. The summed E-state index contributed by atoms with van der Waals surface area (Å²) in [4.78, 5) is 18.9. The SMILES string of the molecule is COc1cc(C)nc(Nc2ccc(C(=O)O)c(F)c2)n1. The van der Waals surface area contributed by atoms with Crippen LogP contribution in [-0.4, -0.2) is 28.2 Å². The number of carbonyl (C=O) groups is 1. The molecule has 2 N–H and O–H groups in total. The van der Waals surface area contributed by atoms with E-state index in [0.29, 0.717) is 17.3 Å². The molecule has 0 fully saturated rings. The molecule has 2 aromatic rings. The maximum absolute atomic E-state index is 13.5. The molecule has 0 unspecified atom stereocenters. The number of hydrogen-bond donors (Lipinski definition) is 2. The Balaban J connectivity index is 2.28. The first-order chi connectivity index (χ1) is 9.49. The van der Waals surface area contributed by atoms with Crippen LogP contribution in [0.3, 0.4) is 0 Å². The first-order valence-electron chi connectivity index (χ1n) is 5.69. The molecule has 0 spiro atoms. The van der Waals surface area contributed by atoms with Gasteiger partial charge in [-0.05, 0) is 25.1 Å². The van der Waals surface area contributed by atoms with Gasteiger partial charge >= 0.3 is 5.97 Å². The van der Waals surface area contributed by atoms with Gasteiger partial charge in [-0.1, -0.05) is 0 Å². The monoisotopic (exact) mass is 277 g/mol. The summed E-state index contributed by atoms with van der Waals surface area (Å²) in [5, 5.41) is 11.5. The summed E-state index contributed by atoms with van der Waals surface area (Å²) in [5.74, 6) is -1.53. The highest BCUT2D eigenvalue weighted by Crippen LogP contribution is 2.19. The van der Waals surface area contributed by atoms with E-state index in [9.17, 15) is 9.18 Å². The van der Waals surface area contributed by atoms with E-state index in [1.165, 1.54) is 19.2 Å². The molecule has 0 aliphatic heterocycles. The van der Waals surface area contributed by atoms with Crippen LogP contribution in [0, 0.1) is 12.7 Å². The number of hydrogen-bond acceptors (Lipinski definition) is 5. The fourth-order valence-electron chi connectivity index (χ4n) is 1.60. The average Bonchev–Trinajstić information content (AvgIpc) is 2.37. The first-order valence-corrected chi connectivity index (χ1v) is 5.69. The number of ether oxygens (including phenoxy) is 1. The van der Waals surface area contributed by atoms with Gasteiger partial charge in [0.05, 0.1) is 12.7 Å². The molecule has 0 atom stereocenters. The van der Waals surface area contributed by atoms with E-state index in [4.69, 9.17) is 9.84 Å². The molecule has 0 aliphatic carbocycles. The third-order valence-corrected chi connectivity index (χ3v) is 2.50. The minimum atomic E-state index is -1.32. The van der Waals surface area contributed by atoms with Crippen LogP contribution in [0.4, 0.5) is 16.0 Å². The van der Waals surface area contributed by atoms with Crippen LogP contribution in [0.2, 0.25) is 0 Å². The highest BCUT2D eigenvalue weighted by Gasteiger charge is 2.11. The molecule has 1 aromatic carbocycles. The van der Waals surface area contributed by atoms with Crippen LogP contribution >= 0.6 is 0 Å². The van der Waals surface area contributed by atoms with Crippen LogP contribution in [0.15, 0.2) is 24.3 Å². The number of aromatic nitrogens is 2. The fraction of sp³-hybridized carbons (Fsp3) is 0.154. The summed E-state index contributed by atoms with van der Waals surface area (Å²) < 4.78 is 18.5. The third kappa shape index (κ3) is 3.00. The van der Waals surface area contributed by atoms with Gasteiger partial charge in [0.2, 0.25) is 11.8 Å². The normalized spacial score (nSPS) is 10.2. The minimum absolute atomic E-state index is 0.240. The lowest BCUT2D eigenvalue weighted by atomic mass is 10.2. The number of aryl methyl sites for hydroxylation is 1. The maximum atomic E-state index is 13.5. The molecule has 0 radical (unpaired) electrons. The van der Waals surface area contributed by atoms with Gasteiger partial charge in [-0.3, -0.25) is 0 Å². The summed E-state index contributed by atoms with van der Waals surface area (Å²) in [7, 11) is 1.48. The molecule has 0 bridgehead atoms. The molecule has 0 saturated heterocycles. The number of carboxylic acid groups (broad SMARTS) is 1. The van der Waals surface area contributed by atoms with Crippen molar-refractivity contribution in [1.29, 1.82) is 0 Å². The minimum Gasteiger partial charge on any atom is -0.481 e. The zero-order valence-corrected chi connectivity index (χ0v) is 10.8.